The third kappa shape index (κ3) is 5.82. The van der Waals surface area contributed by atoms with Gasteiger partial charge in [-0.15, -0.1) is 0 Å². The average Bonchev–Trinajstić information content (AvgIpc) is 2.53. The zero-order valence-electron chi connectivity index (χ0n) is 14.0. The predicted molar refractivity (Wildman–Crippen MR) is 93.9 cm³/mol. The Morgan fingerprint density at radius 2 is 1.88 bits per heavy atom. The highest BCUT2D eigenvalue weighted by Crippen LogP contribution is 2.20. The second-order valence-corrected chi connectivity index (χ2v) is 6.02. The number of halogens is 1. The van der Waals surface area contributed by atoms with Crippen LogP contribution in [0.15, 0.2) is 18.2 Å². The van der Waals surface area contributed by atoms with Gasteiger partial charge in [-0.25, -0.2) is 0 Å². The molecule has 0 aliphatic heterocycles. The van der Waals surface area contributed by atoms with E-state index in [1.807, 2.05) is 13.8 Å². The number of anilines is 1. The number of carbonyl (C=O) groups excluding carboxylic acids is 3. The van der Waals surface area contributed by atoms with Crippen molar-refractivity contribution in [1.82, 2.24) is 10.6 Å². The lowest BCUT2D eigenvalue weighted by molar-refractivity contribution is -0.125. The van der Waals surface area contributed by atoms with E-state index in [0.29, 0.717) is 17.3 Å². The Balaban J connectivity index is 2.73. The molecule has 0 fully saturated rings. The monoisotopic (exact) mass is 354 g/mol. The van der Waals surface area contributed by atoms with Gasteiger partial charge < -0.3 is 21.7 Å². The highest BCUT2D eigenvalue weighted by molar-refractivity contribution is 6.31. The fourth-order valence-corrected chi connectivity index (χ4v) is 2.02. The number of nitrogens with two attached hydrogens (primary N) is 1. The van der Waals surface area contributed by atoms with Gasteiger partial charge in [0.1, 0.15) is 0 Å². The van der Waals surface area contributed by atoms with E-state index >= 15 is 0 Å². The summed E-state index contributed by atoms with van der Waals surface area (Å²) in [5, 5.41) is 8.08. The van der Waals surface area contributed by atoms with Crippen molar-refractivity contribution >= 4 is 35.0 Å². The summed E-state index contributed by atoms with van der Waals surface area (Å²) in [6, 6.07) is 3.88. The van der Waals surface area contributed by atoms with Crippen molar-refractivity contribution in [3.63, 3.8) is 0 Å². The van der Waals surface area contributed by atoms with Crippen LogP contribution in [0, 0.1) is 5.92 Å². The Kier molecular flexibility index (Phi) is 7.67. The smallest absolute Gasteiger partial charge is 0.253 e. The number of rotatable bonds is 7. The number of carbonyl (C=O) groups is 3. The van der Waals surface area contributed by atoms with Gasteiger partial charge >= 0.3 is 0 Å². The minimum atomic E-state index is -0.681. The molecule has 7 nitrogen and oxygen atoms in total. The van der Waals surface area contributed by atoms with Gasteiger partial charge in [0.05, 0.1) is 23.8 Å². The Morgan fingerprint density at radius 1 is 1.21 bits per heavy atom. The molecule has 0 radical (unpaired) electrons. The predicted octanol–water partition coefficient (Wildman–Crippen LogP) is 1.13. The Hall–Kier alpha value is -2.12. The maximum absolute atomic E-state index is 12.0. The molecule has 132 valence electrons. The highest BCUT2D eigenvalue weighted by atomic mass is 35.5. The first-order chi connectivity index (χ1) is 11.3. The van der Waals surface area contributed by atoms with E-state index in [9.17, 15) is 14.4 Å². The topological polar surface area (TPSA) is 113 Å². The molecule has 5 N–H and O–H groups in total. The molecule has 3 amide bonds. The Morgan fingerprint density at radius 3 is 2.46 bits per heavy atom. The van der Waals surface area contributed by atoms with Crippen LogP contribution in [0.5, 0.6) is 0 Å². The molecule has 1 rings (SSSR count). The fraction of sp³-hybridized carbons (Fsp3) is 0.438. The number of hydrogen-bond acceptors (Lipinski definition) is 4. The van der Waals surface area contributed by atoms with E-state index in [1.54, 1.807) is 13.0 Å². The summed E-state index contributed by atoms with van der Waals surface area (Å²) in [6.07, 6.45) is 0. The number of hydrogen-bond donors (Lipinski definition) is 4. The lowest BCUT2D eigenvalue weighted by Gasteiger charge is -2.15. The van der Waals surface area contributed by atoms with Crippen molar-refractivity contribution in [1.29, 1.82) is 0 Å². The molecule has 0 saturated heterocycles. The molecule has 0 aliphatic carbocycles. The Bertz CT molecular complexity index is 619. The first kappa shape index (κ1) is 19.9. The van der Waals surface area contributed by atoms with Gasteiger partial charge in [-0.05, 0) is 31.0 Å². The van der Waals surface area contributed by atoms with Gasteiger partial charge in [-0.2, -0.15) is 0 Å². The normalized spacial score (nSPS) is 11.8. The molecule has 1 atom stereocenters. The molecule has 0 aromatic heterocycles. The van der Waals surface area contributed by atoms with Crippen molar-refractivity contribution < 1.29 is 14.4 Å². The van der Waals surface area contributed by atoms with Crippen LogP contribution in [-0.2, 0) is 9.59 Å². The molecule has 1 aromatic carbocycles. The quantitative estimate of drug-likeness (QED) is 0.587. The fourth-order valence-electron chi connectivity index (χ4n) is 1.85. The van der Waals surface area contributed by atoms with Crippen LogP contribution in [0.25, 0.3) is 0 Å². The summed E-state index contributed by atoms with van der Waals surface area (Å²) in [5.41, 5.74) is 6.27. The molecule has 1 aromatic rings. The van der Waals surface area contributed by atoms with Crippen molar-refractivity contribution in [3.8, 4) is 0 Å². The molecule has 0 unspecified atom stereocenters. The third-order valence-corrected chi connectivity index (χ3v) is 3.52. The van der Waals surface area contributed by atoms with Crippen molar-refractivity contribution in [3.05, 3.63) is 28.8 Å². The maximum atomic E-state index is 12.0. The van der Waals surface area contributed by atoms with Gasteiger partial charge in [-0.3, -0.25) is 14.4 Å². The molecule has 0 aliphatic rings. The largest absolute Gasteiger partial charge is 0.352 e. The van der Waals surface area contributed by atoms with Crippen LogP contribution < -0.4 is 21.7 Å². The minimum Gasteiger partial charge on any atom is -0.352 e. The number of benzene rings is 1. The van der Waals surface area contributed by atoms with Crippen LogP contribution in [-0.4, -0.2) is 36.9 Å². The minimum absolute atomic E-state index is 0.0336. The lowest BCUT2D eigenvalue weighted by atomic mass is 10.1. The summed E-state index contributed by atoms with van der Waals surface area (Å²) in [6.45, 7) is 5.63. The second kappa shape index (κ2) is 9.24. The van der Waals surface area contributed by atoms with Crippen LogP contribution in [0.4, 0.5) is 5.69 Å². The van der Waals surface area contributed by atoms with E-state index in [1.165, 1.54) is 12.1 Å². The van der Waals surface area contributed by atoms with Crippen molar-refractivity contribution in [2.45, 2.75) is 26.8 Å². The summed E-state index contributed by atoms with van der Waals surface area (Å²) in [4.78, 5) is 35.8. The summed E-state index contributed by atoms with van der Waals surface area (Å²) < 4.78 is 0. The number of amides is 3. The molecule has 0 bridgehead atoms. The van der Waals surface area contributed by atoms with Gasteiger partial charge in [0.2, 0.25) is 11.8 Å². The van der Waals surface area contributed by atoms with Crippen molar-refractivity contribution in [2.75, 3.05) is 18.4 Å². The van der Waals surface area contributed by atoms with Crippen LogP contribution >= 0.6 is 11.6 Å². The first-order valence-corrected chi connectivity index (χ1v) is 8.05. The Labute approximate surface area is 146 Å². The van der Waals surface area contributed by atoms with E-state index in [2.05, 4.69) is 16.0 Å². The number of nitrogens with one attached hydrogen (secondary N) is 3. The standard InChI is InChI=1S/C16H23ClN4O3/c1-4-19-15(23)11-7-10(17)5-6-12(11)21-13(22)8-20-16(24)14(18)9(2)3/h5-7,9,14H,4,8,18H2,1-3H3,(H,19,23)(H,20,24)(H,21,22)/t14-/m0/s1. The molecule has 8 heteroatoms. The SMILES string of the molecule is CCNC(=O)c1cc(Cl)ccc1NC(=O)CNC(=O)[C@@H](N)C(C)C. The van der Waals surface area contributed by atoms with E-state index < -0.39 is 17.9 Å². The first-order valence-electron chi connectivity index (χ1n) is 7.67. The summed E-state index contributed by atoms with van der Waals surface area (Å²) in [7, 11) is 0. The molecule has 0 spiro atoms. The van der Waals surface area contributed by atoms with Gasteiger partial charge in [-0.1, -0.05) is 25.4 Å². The van der Waals surface area contributed by atoms with Gasteiger partial charge in [0.15, 0.2) is 0 Å². The van der Waals surface area contributed by atoms with Crippen LogP contribution in [0.3, 0.4) is 0 Å². The van der Waals surface area contributed by atoms with E-state index in [0.717, 1.165) is 0 Å². The zero-order valence-corrected chi connectivity index (χ0v) is 14.7. The molecular weight excluding hydrogens is 332 g/mol. The van der Waals surface area contributed by atoms with E-state index in [-0.39, 0.29) is 23.9 Å². The van der Waals surface area contributed by atoms with E-state index in [4.69, 9.17) is 17.3 Å². The molecular formula is C16H23ClN4O3. The molecule has 24 heavy (non-hydrogen) atoms. The average molecular weight is 355 g/mol. The zero-order chi connectivity index (χ0) is 18.3. The third-order valence-electron chi connectivity index (χ3n) is 3.28. The summed E-state index contributed by atoms with van der Waals surface area (Å²) >= 11 is 5.90. The van der Waals surface area contributed by atoms with Gasteiger partial charge in [0.25, 0.3) is 5.91 Å². The highest BCUT2D eigenvalue weighted by Gasteiger charge is 2.18. The molecule has 0 saturated carbocycles. The van der Waals surface area contributed by atoms with Gasteiger partial charge in [0, 0.05) is 11.6 Å². The van der Waals surface area contributed by atoms with Crippen LogP contribution in [0.1, 0.15) is 31.1 Å². The molecule has 0 heterocycles. The summed E-state index contributed by atoms with van der Waals surface area (Å²) in [5.74, 6) is -1.25. The second-order valence-electron chi connectivity index (χ2n) is 5.59. The maximum Gasteiger partial charge on any atom is 0.253 e. The van der Waals surface area contributed by atoms with Crippen LogP contribution in [0.2, 0.25) is 5.02 Å². The van der Waals surface area contributed by atoms with Crippen molar-refractivity contribution in [2.24, 2.45) is 11.7 Å². The lowest BCUT2D eigenvalue weighted by Crippen LogP contribution is -2.46.